The molecule has 3 rings (SSSR count). The van der Waals surface area contributed by atoms with E-state index in [1.807, 2.05) is 60.3 Å². The third kappa shape index (κ3) is 3.50. The van der Waals surface area contributed by atoms with Gasteiger partial charge >= 0.3 is 0 Å². The number of aromatic amines is 1. The third-order valence-electron chi connectivity index (χ3n) is 4.16. The Bertz CT molecular complexity index is 771. The van der Waals surface area contributed by atoms with Gasteiger partial charge in [-0.25, -0.2) is 4.98 Å². The number of carbonyl (C=O) groups excluding carboxylic acids is 1. The van der Waals surface area contributed by atoms with Gasteiger partial charge in [-0.3, -0.25) is 4.79 Å². The van der Waals surface area contributed by atoms with Gasteiger partial charge in [0.1, 0.15) is 11.9 Å². The summed E-state index contributed by atoms with van der Waals surface area (Å²) in [6.45, 7) is 6.22. The fraction of sp³-hybridized carbons (Fsp3) is 0.368. The number of rotatable bonds is 6. The lowest BCUT2D eigenvalue weighted by atomic mass is 10.0. The topological polar surface area (TPSA) is 62.7 Å². The molecule has 2 aromatic heterocycles. The van der Waals surface area contributed by atoms with Crippen molar-refractivity contribution in [1.29, 1.82) is 0 Å². The van der Waals surface area contributed by atoms with E-state index in [1.165, 1.54) is 0 Å². The summed E-state index contributed by atoms with van der Waals surface area (Å²) in [7, 11) is 0. The van der Waals surface area contributed by atoms with Crippen molar-refractivity contribution in [3.05, 3.63) is 54.6 Å². The summed E-state index contributed by atoms with van der Waals surface area (Å²) < 4.78 is 1.97. The number of benzene rings is 1. The number of amides is 1. The van der Waals surface area contributed by atoms with Crippen LogP contribution in [0.15, 0.2) is 48.8 Å². The van der Waals surface area contributed by atoms with Crippen LogP contribution in [0.2, 0.25) is 0 Å². The highest BCUT2D eigenvalue weighted by atomic mass is 16.2. The smallest absolute Gasteiger partial charge is 0.243 e. The van der Waals surface area contributed by atoms with Crippen LogP contribution in [-0.4, -0.2) is 20.4 Å². The van der Waals surface area contributed by atoms with Gasteiger partial charge in [-0.05, 0) is 43.5 Å². The highest BCUT2D eigenvalue weighted by Gasteiger charge is 2.23. The molecule has 0 fully saturated rings. The van der Waals surface area contributed by atoms with Crippen molar-refractivity contribution in [3.8, 4) is 0 Å². The van der Waals surface area contributed by atoms with E-state index in [0.717, 1.165) is 23.3 Å². The second kappa shape index (κ2) is 6.91. The molecule has 126 valence electrons. The minimum absolute atomic E-state index is 0.0212. The standard InChI is InChI=1S/C19H24N4O/c1-13(2)12-17(23-10-6-7-11-23)19(24)20-14(3)18-21-15-8-4-5-9-16(15)22-18/h4-11,13-14,17H,12H2,1-3H3,(H,20,24)(H,21,22)/t14-,17+/m1/s1. The van der Waals surface area contributed by atoms with Gasteiger partial charge in [0.25, 0.3) is 0 Å². The van der Waals surface area contributed by atoms with Crippen molar-refractivity contribution in [2.75, 3.05) is 0 Å². The average Bonchev–Trinajstić information content (AvgIpc) is 3.21. The van der Waals surface area contributed by atoms with Crippen LogP contribution in [0.25, 0.3) is 11.0 Å². The van der Waals surface area contributed by atoms with Gasteiger partial charge in [0.15, 0.2) is 0 Å². The predicted molar refractivity (Wildman–Crippen MR) is 95.6 cm³/mol. The van der Waals surface area contributed by atoms with E-state index in [0.29, 0.717) is 5.92 Å². The molecule has 0 radical (unpaired) electrons. The summed E-state index contributed by atoms with van der Waals surface area (Å²) in [5.41, 5.74) is 1.90. The van der Waals surface area contributed by atoms with E-state index < -0.39 is 0 Å². The highest BCUT2D eigenvalue weighted by Crippen LogP contribution is 2.21. The Morgan fingerprint density at radius 2 is 1.88 bits per heavy atom. The summed E-state index contributed by atoms with van der Waals surface area (Å²) >= 11 is 0. The first-order valence-corrected chi connectivity index (χ1v) is 8.42. The van der Waals surface area contributed by atoms with Gasteiger partial charge < -0.3 is 14.9 Å². The number of nitrogens with zero attached hydrogens (tertiary/aromatic N) is 2. The maximum Gasteiger partial charge on any atom is 0.243 e. The number of para-hydroxylation sites is 2. The van der Waals surface area contributed by atoms with E-state index in [9.17, 15) is 4.79 Å². The zero-order chi connectivity index (χ0) is 17.1. The van der Waals surface area contributed by atoms with E-state index in [4.69, 9.17) is 0 Å². The number of H-pyrrole nitrogens is 1. The lowest BCUT2D eigenvalue weighted by Crippen LogP contribution is -2.35. The first kappa shape index (κ1) is 16.3. The van der Waals surface area contributed by atoms with Crippen LogP contribution in [-0.2, 0) is 4.79 Å². The number of aromatic nitrogens is 3. The Balaban J connectivity index is 1.76. The summed E-state index contributed by atoms with van der Waals surface area (Å²) in [5.74, 6) is 1.23. The molecule has 1 aromatic carbocycles. The first-order chi connectivity index (χ1) is 11.5. The predicted octanol–water partition coefficient (Wildman–Crippen LogP) is 3.83. The molecule has 0 spiro atoms. The summed E-state index contributed by atoms with van der Waals surface area (Å²) in [5, 5.41) is 3.10. The third-order valence-corrected chi connectivity index (χ3v) is 4.16. The maximum absolute atomic E-state index is 12.8. The van der Waals surface area contributed by atoms with E-state index in [-0.39, 0.29) is 18.0 Å². The van der Waals surface area contributed by atoms with Crippen molar-refractivity contribution in [2.45, 2.75) is 39.3 Å². The molecule has 1 amide bonds. The number of fused-ring (bicyclic) bond motifs is 1. The van der Waals surface area contributed by atoms with Gasteiger partial charge in [0.05, 0.1) is 17.1 Å². The largest absolute Gasteiger partial charge is 0.345 e. The maximum atomic E-state index is 12.8. The van der Waals surface area contributed by atoms with Crippen LogP contribution >= 0.6 is 0 Å². The molecule has 0 aliphatic rings. The Hall–Kier alpha value is -2.56. The van der Waals surface area contributed by atoms with Gasteiger partial charge in [-0.15, -0.1) is 0 Å². The van der Waals surface area contributed by atoms with Crippen LogP contribution in [0, 0.1) is 5.92 Å². The molecule has 24 heavy (non-hydrogen) atoms. The van der Waals surface area contributed by atoms with Crippen molar-refractivity contribution in [3.63, 3.8) is 0 Å². The van der Waals surface area contributed by atoms with E-state index in [1.54, 1.807) is 0 Å². The van der Waals surface area contributed by atoms with Gasteiger partial charge in [-0.1, -0.05) is 26.0 Å². The molecule has 2 atom stereocenters. The minimum atomic E-state index is -0.202. The second-order valence-corrected chi connectivity index (χ2v) is 6.65. The Morgan fingerprint density at radius 1 is 1.17 bits per heavy atom. The average molecular weight is 324 g/mol. The lowest BCUT2D eigenvalue weighted by molar-refractivity contribution is -0.125. The van der Waals surface area contributed by atoms with Crippen LogP contribution < -0.4 is 5.32 Å². The van der Waals surface area contributed by atoms with Crippen molar-refractivity contribution < 1.29 is 4.79 Å². The molecule has 0 bridgehead atoms. The molecule has 0 aliphatic carbocycles. The highest BCUT2D eigenvalue weighted by molar-refractivity contribution is 5.81. The number of nitrogens with one attached hydrogen (secondary N) is 2. The van der Waals surface area contributed by atoms with Crippen molar-refractivity contribution in [2.24, 2.45) is 5.92 Å². The second-order valence-electron chi connectivity index (χ2n) is 6.65. The minimum Gasteiger partial charge on any atom is -0.345 e. The van der Waals surface area contributed by atoms with E-state index >= 15 is 0 Å². The number of hydrogen-bond acceptors (Lipinski definition) is 2. The molecule has 0 aliphatic heterocycles. The molecule has 2 N–H and O–H groups in total. The van der Waals surface area contributed by atoms with Crippen LogP contribution in [0.3, 0.4) is 0 Å². The van der Waals surface area contributed by atoms with Gasteiger partial charge in [0, 0.05) is 12.4 Å². The van der Waals surface area contributed by atoms with Crippen molar-refractivity contribution in [1.82, 2.24) is 19.9 Å². The van der Waals surface area contributed by atoms with Gasteiger partial charge in [0.2, 0.25) is 5.91 Å². The fourth-order valence-electron chi connectivity index (χ4n) is 2.92. The molecule has 3 aromatic rings. The quantitative estimate of drug-likeness (QED) is 0.724. The summed E-state index contributed by atoms with van der Waals surface area (Å²) in [6.07, 6.45) is 4.68. The Labute approximate surface area is 142 Å². The van der Waals surface area contributed by atoms with Crippen LogP contribution in [0.4, 0.5) is 0 Å². The van der Waals surface area contributed by atoms with Crippen LogP contribution in [0.5, 0.6) is 0 Å². The summed E-state index contributed by atoms with van der Waals surface area (Å²) in [4.78, 5) is 20.7. The first-order valence-electron chi connectivity index (χ1n) is 8.42. The van der Waals surface area contributed by atoms with Gasteiger partial charge in [-0.2, -0.15) is 0 Å². The van der Waals surface area contributed by atoms with E-state index in [2.05, 4.69) is 29.1 Å². The molecule has 5 nitrogen and oxygen atoms in total. The number of imidazole rings is 1. The molecule has 2 heterocycles. The van der Waals surface area contributed by atoms with Crippen molar-refractivity contribution >= 4 is 16.9 Å². The molecule has 0 saturated carbocycles. The summed E-state index contributed by atoms with van der Waals surface area (Å²) in [6, 6.07) is 11.4. The lowest BCUT2D eigenvalue weighted by Gasteiger charge is -2.22. The zero-order valence-corrected chi connectivity index (χ0v) is 14.4. The molecule has 0 saturated heterocycles. The molecular formula is C19H24N4O. The van der Waals surface area contributed by atoms with Crippen LogP contribution in [0.1, 0.15) is 45.1 Å². The zero-order valence-electron chi connectivity index (χ0n) is 14.4. The number of hydrogen-bond donors (Lipinski definition) is 2. The monoisotopic (exact) mass is 324 g/mol. The Morgan fingerprint density at radius 3 is 2.54 bits per heavy atom. The Kier molecular flexibility index (Phi) is 4.69. The SMILES string of the molecule is CC(C)C[C@@H](C(=O)N[C@H](C)c1nc2ccccc2[nH]1)n1cccc1. The molecular weight excluding hydrogens is 300 g/mol. The fourth-order valence-corrected chi connectivity index (χ4v) is 2.92. The molecule has 0 unspecified atom stereocenters. The molecule has 5 heteroatoms. The number of carbonyl (C=O) groups is 1. The normalized spacial score (nSPS) is 14.0.